The molecule has 7 unspecified atom stereocenters. The fourth-order valence-electron chi connectivity index (χ4n) is 7.50. The molecule has 0 bridgehead atoms. The summed E-state index contributed by atoms with van der Waals surface area (Å²) < 4.78 is 0. The van der Waals surface area contributed by atoms with Gasteiger partial charge in [-0.2, -0.15) is 0 Å². The van der Waals surface area contributed by atoms with Gasteiger partial charge in [0.2, 0.25) is 0 Å². The Morgan fingerprint density at radius 3 is 2.59 bits per heavy atom. The quantitative estimate of drug-likeness (QED) is 0.669. The maximum atomic E-state index is 12.3. The van der Waals surface area contributed by atoms with Crippen molar-refractivity contribution in [3.05, 3.63) is 0 Å². The molecule has 0 saturated heterocycles. The van der Waals surface area contributed by atoms with Crippen molar-refractivity contribution in [2.75, 3.05) is 0 Å². The first-order valence-corrected chi connectivity index (χ1v) is 9.88. The highest BCUT2D eigenvalue weighted by Gasteiger charge is 2.57. The third kappa shape index (κ3) is 2.15. The van der Waals surface area contributed by atoms with Gasteiger partial charge in [-0.25, -0.2) is 0 Å². The van der Waals surface area contributed by atoms with Gasteiger partial charge in [-0.05, 0) is 86.3 Å². The Morgan fingerprint density at radius 1 is 0.955 bits per heavy atom. The van der Waals surface area contributed by atoms with Crippen LogP contribution >= 0.6 is 0 Å². The number of hydrogen-bond acceptors (Lipinski definition) is 1. The van der Waals surface area contributed by atoms with Gasteiger partial charge in [-0.15, -0.1) is 0 Å². The smallest absolute Gasteiger partial charge is 0.128 e. The molecule has 0 amide bonds. The number of hydrogen-bond donors (Lipinski definition) is 0. The standard InChI is InChI=1S/C20H31BO/c1-20-11-10-15-14-5-3-2-4-13(14)6-7-16(15)17(20)8-9-18(20)19(22)12-21/h13-18H,2-12H2,1H3. The van der Waals surface area contributed by atoms with E-state index >= 15 is 0 Å². The fourth-order valence-corrected chi connectivity index (χ4v) is 7.50. The van der Waals surface area contributed by atoms with Crippen LogP contribution in [0, 0.1) is 40.9 Å². The second-order valence-corrected chi connectivity index (χ2v) is 9.06. The largest absolute Gasteiger partial charge is 0.300 e. The zero-order valence-electron chi connectivity index (χ0n) is 14.2. The first-order chi connectivity index (χ1) is 10.6. The van der Waals surface area contributed by atoms with Gasteiger partial charge in [-0.1, -0.05) is 26.2 Å². The van der Waals surface area contributed by atoms with Crippen LogP contribution in [0.15, 0.2) is 0 Å². The van der Waals surface area contributed by atoms with E-state index in [9.17, 15) is 4.79 Å². The van der Waals surface area contributed by atoms with Crippen molar-refractivity contribution < 1.29 is 4.79 Å². The summed E-state index contributed by atoms with van der Waals surface area (Å²) in [5.74, 6) is 5.41. The molecule has 2 radical (unpaired) electrons. The summed E-state index contributed by atoms with van der Waals surface area (Å²) in [5.41, 5.74) is 0.277. The SMILES string of the molecule is [B]CC(=O)C1CCC2C3CCC4CCCCC4C3CCC12C. The van der Waals surface area contributed by atoms with E-state index in [4.69, 9.17) is 7.85 Å². The molecule has 4 aliphatic rings. The lowest BCUT2D eigenvalue weighted by atomic mass is 9.49. The minimum atomic E-state index is 0.256. The molecule has 4 fully saturated rings. The maximum absolute atomic E-state index is 12.3. The second kappa shape index (κ2) is 5.67. The van der Waals surface area contributed by atoms with Crippen LogP contribution in [-0.2, 0) is 4.79 Å². The Labute approximate surface area is 137 Å². The van der Waals surface area contributed by atoms with Crippen LogP contribution in [0.3, 0.4) is 0 Å². The monoisotopic (exact) mass is 298 g/mol. The van der Waals surface area contributed by atoms with E-state index in [0.29, 0.717) is 5.78 Å². The molecule has 0 aromatic carbocycles. The van der Waals surface area contributed by atoms with Gasteiger partial charge in [0.15, 0.2) is 0 Å². The number of ketones is 1. The summed E-state index contributed by atoms with van der Waals surface area (Å²) in [4.78, 5) is 12.3. The van der Waals surface area contributed by atoms with Crippen molar-refractivity contribution in [2.24, 2.45) is 40.9 Å². The van der Waals surface area contributed by atoms with Crippen LogP contribution in [0.4, 0.5) is 0 Å². The van der Waals surface area contributed by atoms with Gasteiger partial charge >= 0.3 is 0 Å². The summed E-state index contributed by atoms with van der Waals surface area (Å²) in [6.07, 6.45) is 14.2. The molecule has 0 heterocycles. The number of Topliss-reactive ketones (excluding diaryl/α,β-unsaturated/α-hetero) is 1. The summed E-state index contributed by atoms with van der Waals surface area (Å²) in [5, 5.41) is 0. The summed E-state index contributed by atoms with van der Waals surface area (Å²) >= 11 is 0. The molecule has 22 heavy (non-hydrogen) atoms. The molecule has 4 saturated carbocycles. The Balaban J connectivity index is 1.57. The van der Waals surface area contributed by atoms with E-state index in [2.05, 4.69) is 6.92 Å². The second-order valence-electron chi connectivity index (χ2n) is 9.06. The molecule has 120 valence electrons. The van der Waals surface area contributed by atoms with Crippen molar-refractivity contribution in [2.45, 2.75) is 77.5 Å². The van der Waals surface area contributed by atoms with Crippen molar-refractivity contribution in [3.63, 3.8) is 0 Å². The zero-order chi connectivity index (χ0) is 15.3. The lowest BCUT2D eigenvalue weighted by Gasteiger charge is -2.55. The van der Waals surface area contributed by atoms with Crippen molar-refractivity contribution in [1.29, 1.82) is 0 Å². The van der Waals surface area contributed by atoms with Gasteiger partial charge in [0.25, 0.3) is 0 Å². The van der Waals surface area contributed by atoms with Crippen molar-refractivity contribution in [3.8, 4) is 0 Å². The predicted octanol–water partition coefficient (Wildman–Crippen LogP) is 4.80. The van der Waals surface area contributed by atoms with Crippen molar-refractivity contribution in [1.82, 2.24) is 0 Å². The van der Waals surface area contributed by atoms with Crippen LogP contribution in [-0.4, -0.2) is 13.6 Å². The van der Waals surface area contributed by atoms with E-state index < -0.39 is 0 Å². The normalized spacial score (nSPS) is 50.8. The van der Waals surface area contributed by atoms with E-state index in [0.717, 1.165) is 36.0 Å². The van der Waals surface area contributed by atoms with Gasteiger partial charge in [0.05, 0.1) is 7.85 Å². The predicted molar refractivity (Wildman–Crippen MR) is 90.8 cm³/mol. The summed E-state index contributed by atoms with van der Waals surface area (Å²) in [6.45, 7) is 2.44. The number of carbonyl (C=O) groups excluding carboxylic acids is 1. The Morgan fingerprint density at radius 2 is 1.77 bits per heavy atom. The minimum absolute atomic E-state index is 0.256. The van der Waals surface area contributed by atoms with Gasteiger partial charge in [0.1, 0.15) is 5.78 Å². The zero-order valence-corrected chi connectivity index (χ0v) is 14.2. The third-order valence-corrected chi connectivity index (χ3v) is 8.47. The number of rotatable bonds is 2. The number of carbonyl (C=O) groups is 1. The summed E-state index contributed by atoms with van der Waals surface area (Å²) in [6, 6.07) is 0. The van der Waals surface area contributed by atoms with Crippen LogP contribution in [0.5, 0.6) is 0 Å². The van der Waals surface area contributed by atoms with E-state index in [1.165, 1.54) is 57.8 Å². The molecule has 4 rings (SSSR count). The van der Waals surface area contributed by atoms with Crippen LogP contribution in [0.2, 0.25) is 6.32 Å². The topological polar surface area (TPSA) is 17.1 Å². The highest BCUT2D eigenvalue weighted by atomic mass is 16.1. The van der Waals surface area contributed by atoms with Crippen LogP contribution < -0.4 is 0 Å². The summed E-state index contributed by atoms with van der Waals surface area (Å²) in [7, 11) is 5.70. The molecule has 0 spiro atoms. The highest BCUT2D eigenvalue weighted by Crippen LogP contribution is 2.64. The molecule has 0 aliphatic heterocycles. The van der Waals surface area contributed by atoms with E-state index in [1.54, 1.807) is 0 Å². The molecular formula is C20H31BO. The Bertz CT molecular complexity index is 447. The van der Waals surface area contributed by atoms with Gasteiger partial charge in [-0.3, -0.25) is 0 Å². The molecule has 0 aromatic rings. The lowest BCUT2D eigenvalue weighted by Crippen LogP contribution is -2.48. The molecule has 0 aromatic heterocycles. The Hall–Kier alpha value is -0.265. The highest BCUT2D eigenvalue weighted by molar-refractivity contribution is 6.20. The average Bonchev–Trinajstić information content (AvgIpc) is 2.91. The van der Waals surface area contributed by atoms with Gasteiger partial charge in [0, 0.05) is 5.92 Å². The molecular weight excluding hydrogens is 267 g/mol. The van der Waals surface area contributed by atoms with E-state index in [-0.39, 0.29) is 17.7 Å². The Kier molecular flexibility index (Phi) is 3.94. The molecule has 2 heteroatoms. The molecule has 4 aliphatic carbocycles. The number of fused-ring (bicyclic) bond motifs is 5. The maximum Gasteiger partial charge on any atom is 0.128 e. The van der Waals surface area contributed by atoms with Gasteiger partial charge < -0.3 is 4.79 Å². The van der Waals surface area contributed by atoms with Crippen LogP contribution in [0.1, 0.15) is 71.1 Å². The molecule has 1 nitrogen and oxygen atoms in total. The fraction of sp³-hybridized carbons (Fsp3) is 0.950. The third-order valence-electron chi connectivity index (χ3n) is 8.47. The van der Waals surface area contributed by atoms with Crippen molar-refractivity contribution >= 4 is 13.6 Å². The molecule has 7 atom stereocenters. The van der Waals surface area contributed by atoms with Crippen LogP contribution in [0.25, 0.3) is 0 Å². The first-order valence-electron chi connectivity index (χ1n) is 9.88. The molecule has 0 N–H and O–H groups in total. The minimum Gasteiger partial charge on any atom is -0.300 e. The lowest BCUT2D eigenvalue weighted by molar-refractivity contribution is -0.128. The van der Waals surface area contributed by atoms with E-state index in [1.807, 2.05) is 0 Å². The first kappa shape index (κ1) is 15.3. The average molecular weight is 298 g/mol.